The molecule has 1 amide bonds. The van der Waals surface area contributed by atoms with E-state index in [1.165, 1.54) is 12.1 Å². The van der Waals surface area contributed by atoms with Crippen LogP contribution in [0.2, 0.25) is 5.02 Å². The Morgan fingerprint density at radius 2 is 1.57 bits per heavy atom. The van der Waals surface area contributed by atoms with Crippen molar-refractivity contribution >= 4 is 49.1 Å². The van der Waals surface area contributed by atoms with E-state index in [-0.39, 0.29) is 17.3 Å². The van der Waals surface area contributed by atoms with Crippen LogP contribution in [-0.4, -0.2) is 27.4 Å². The average Bonchev–Trinajstić information content (AvgIpc) is 2.75. The predicted molar refractivity (Wildman–Crippen MR) is 123 cm³/mol. The molecular weight excluding hydrogens is 488 g/mol. The lowest BCUT2D eigenvalue weighted by molar-refractivity contribution is -0.119. The normalized spacial score (nSPS) is 11.1. The van der Waals surface area contributed by atoms with E-state index < -0.39 is 10.0 Å². The molecule has 0 heterocycles. The first-order valence-electron chi connectivity index (χ1n) is 9.21. The number of amides is 1. The van der Waals surface area contributed by atoms with E-state index in [2.05, 4.69) is 21.2 Å². The van der Waals surface area contributed by atoms with Crippen molar-refractivity contribution in [2.24, 2.45) is 0 Å². The molecular formula is C22H20BrClN2O3S. The van der Waals surface area contributed by atoms with E-state index in [0.29, 0.717) is 23.7 Å². The summed E-state index contributed by atoms with van der Waals surface area (Å²) < 4.78 is 28.3. The highest BCUT2D eigenvalue weighted by atomic mass is 79.9. The number of hydrogen-bond donors (Lipinski definition) is 1. The maximum Gasteiger partial charge on any atom is 0.264 e. The molecule has 0 unspecified atom stereocenters. The number of nitrogens with one attached hydrogen (secondary N) is 1. The Kier molecular flexibility index (Phi) is 7.53. The average molecular weight is 508 g/mol. The van der Waals surface area contributed by atoms with Gasteiger partial charge >= 0.3 is 0 Å². The van der Waals surface area contributed by atoms with Crippen LogP contribution in [-0.2, 0) is 21.2 Å². The van der Waals surface area contributed by atoms with E-state index in [1.54, 1.807) is 54.6 Å². The Morgan fingerprint density at radius 1 is 0.933 bits per heavy atom. The van der Waals surface area contributed by atoms with Crippen molar-refractivity contribution in [3.63, 3.8) is 0 Å². The van der Waals surface area contributed by atoms with Crippen LogP contribution in [0.15, 0.2) is 88.2 Å². The van der Waals surface area contributed by atoms with Crippen molar-refractivity contribution in [1.29, 1.82) is 0 Å². The maximum absolute atomic E-state index is 13.2. The number of carbonyl (C=O) groups is 1. The van der Waals surface area contributed by atoms with E-state index >= 15 is 0 Å². The molecule has 8 heteroatoms. The zero-order chi connectivity index (χ0) is 21.6. The van der Waals surface area contributed by atoms with Gasteiger partial charge in [-0.2, -0.15) is 0 Å². The molecule has 0 aromatic heterocycles. The number of hydrogen-bond acceptors (Lipinski definition) is 3. The third-order valence-corrected chi connectivity index (χ3v) is 6.95. The maximum atomic E-state index is 13.2. The topological polar surface area (TPSA) is 66.5 Å². The van der Waals surface area contributed by atoms with Crippen LogP contribution in [0, 0.1) is 0 Å². The third kappa shape index (κ3) is 5.84. The number of carbonyl (C=O) groups excluding carboxylic acids is 1. The summed E-state index contributed by atoms with van der Waals surface area (Å²) in [5, 5.41) is 3.45. The molecule has 30 heavy (non-hydrogen) atoms. The highest BCUT2D eigenvalue weighted by Gasteiger charge is 2.26. The van der Waals surface area contributed by atoms with Crippen molar-refractivity contribution in [3.8, 4) is 0 Å². The summed E-state index contributed by atoms with van der Waals surface area (Å²) >= 11 is 9.23. The fourth-order valence-corrected chi connectivity index (χ4v) is 4.66. The highest BCUT2D eigenvalue weighted by Crippen LogP contribution is 2.25. The van der Waals surface area contributed by atoms with Crippen molar-refractivity contribution < 1.29 is 13.2 Å². The first-order chi connectivity index (χ1) is 14.4. The lowest BCUT2D eigenvalue weighted by atomic mass is 10.1. The van der Waals surface area contributed by atoms with Crippen molar-refractivity contribution in [3.05, 3.63) is 93.9 Å². The van der Waals surface area contributed by atoms with Crippen LogP contribution < -0.4 is 9.62 Å². The fourth-order valence-electron chi connectivity index (χ4n) is 2.83. The predicted octanol–water partition coefficient (Wildman–Crippen LogP) is 4.66. The number of sulfonamides is 1. The number of benzene rings is 3. The van der Waals surface area contributed by atoms with Crippen LogP contribution >= 0.6 is 27.5 Å². The van der Waals surface area contributed by atoms with Gasteiger partial charge in [0.05, 0.1) is 10.6 Å². The molecule has 156 valence electrons. The van der Waals surface area contributed by atoms with Crippen molar-refractivity contribution in [2.45, 2.75) is 11.3 Å². The number of halogens is 2. The van der Waals surface area contributed by atoms with Gasteiger partial charge in [0.25, 0.3) is 10.0 Å². The second-order valence-corrected chi connectivity index (χ2v) is 9.74. The number of nitrogens with zero attached hydrogens (tertiary/aromatic N) is 1. The molecule has 1 N–H and O–H groups in total. The smallest absolute Gasteiger partial charge is 0.264 e. The monoisotopic (exact) mass is 506 g/mol. The molecule has 3 aromatic rings. The summed E-state index contributed by atoms with van der Waals surface area (Å²) in [7, 11) is -3.90. The standard InChI is InChI=1S/C22H20BrClN2O3S/c23-18-8-12-20(13-9-18)26(30(28,29)21-4-2-1-3-5-21)16-22(27)25-15-14-17-6-10-19(24)11-7-17/h1-13H,14-16H2,(H,25,27). The van der Waals surface area contributed by atoms with Gasteiger partial charge in [-0.3, -0.25) is 9.10 Å². The number of anilines is 1. The van der Waals surface area contributed by atoms with Gasteiger partial charge in [0.2, 0.25) is 5.91 Å². The van der Waals surface area contributed by atoms with Crippen molar-refractivity contribution in [1.82, 2.24) is 5.32 Å². The molecule has 0 aliphatic heterocycles. The summed E-state index contributed by atoms with van der Waals surface area (Å²) in [6, 6.07) is 22.2. The molecule has 0 bridgehead atoms. The minimum absolute atomic E-state index is 0.127. The van der Waals surface area contributed by atoms with Gasteiger partial charge in [-0.15, -0.1) is 0 Å². The second-order valence-electron chi connectivity index (χ2n) is 6.53. The first-order valence-corrected chi connectivity index (χ1v) is 11.8. The number of rotatable bonds is 8. The van der Waals surface area contributed by atoms with Gasteiger partial charge < -0.3 is 5.32 Å². The summed E-state index contributed by atoms with van der Waals surface area (Å²) in [5.74, 6) is -0.383. The van der Waals surface area contributed by atoms with Gasteiger partial charge in [-0.05, 0) is 60.5 Å². The molecule has 0 aliphatic rings. The van der Waals surface area contributed by atoms with Gasteiger partial charge in [0, 0.05) is 16.0 Å². The summed E-state index contributed by atoms with van der Waals surface area (Å²) in [4.78, 5) is 12.7. The Balaban J connectivity index is 1.74. The van der Waals surface area contributed by atoms with Crippen LogP contribution in [0.4, 0.5) is 5.69 Å². The molecule has 0 atom stereocenters. The molecule has 0 fully saturated rings. The van der Waals surface area contributed by atoms with E-state index in [1.807, 2.05) is 12.1 Å². The summed E-state index contributed by atoms with van der Waals surface area (Å²) in [5.41, 5.74) is 1.44. The lowest BCUT2D eigenvalue weighted by Crippen LogP contribution is -2.41. The van der Waals surface area contributed by atoms with Gasteiger partial charge in [-0.1, -0.05) is 57.9 Å². The molecule has 3 aromatic carbocycles. The summed E-state index contributed by atoms with van der Waals surface area (Å²) in [6.45, 7) is 0.0690. The molecule has 0 saturated heterocycles. The Labute approximate surface area is 189 Å². The van der Waals surface area contributed by atoms with Gasteiger partial charge in [0.15, 0.2) is 0 Å². The Hall–Kier alpha value is -2.35. The van der Waals surface area contributed by atoms with E-state index in [0.717, 1.165) is 14.3 Å². The highest BCUT2D eigenvalue weighted by molar-refractivity contribution is 9.10. The molecule has 3 rings (SSSR count). The zero-order valence-corrected chi connectivity index (χ0v) is 19.1. The van der Waals surface area contributed by atoms with Gasteiger partial charge in [0.1, 0.15) is 6.54 Å². The first kappa shape index (κ1) is 22.3. The van der Waals surface area contributed by atoms with Crippen molar-refractivity contribution in [2.75, 3.05) is 17.4 Å². The van der Waals surface area contributed by atoms with Gasteiger partial charge in [-0.25, -0.2) is 8.42 Å². The minimum Gasteiger partial charge on any atom is -0.354 e. The van der Waals surface area contributed by atoms with Crippen LogP contribution in [0.1, 0.15) is 5.56 Å². The fraction of sp³-hybridized carbons (Fsp3) is 0.136. The Bertz CT molecular complexity index is 1090. The molecule has 0 aliphatic carbocycles. The Morgan fingerprint density at radius 3 is 2.20 bits per heavy atom. The largest absolute Gasteiger partial charge is 0.354 e. The quantitative estimate of drug-likeness (QED) is 0.482. The second kappa shape index (κ2) is 10.1. The molecule has 5 nitrogen and oxygen atoms in total. The van der Waals surface area contributed by atoms with E-state index in [4.69, 9.17) is 11.6 Å². The lowest BCUT2D eigenvalue weighted by Gasteiger charge is -2.24. The molecule has 0 saturated carbocycles. The van der Waals surface area contributed by atoms with Crippen LogP contribution in [0.3, 0.4) is 0 Å². The summed E-state index contributed by atoms with van der Waals surface area (Å²) in [6.07, 6.45) is 0.618. The zero-order valence-electron chi connectivity index (χ0n) is 16.0. The van der Waals surface area contributed by atoms with Crippen LogP contribution in [0.5, 0.6) is 0 Å². The third-order valence-electron chi connectivity index (χ3n) is 4.38. The molecule has 0 spiro atoms. The minimum atomic E-state index is -3.90. The molecule has 0 radical (unpaired) electrons. The van der Waals surface area contributed by atoms with E-state index in [9.17, 15) is 13.2 Å². The SMILES string of the molecule is O=C(CN(c1ccc(Br)cc1)S(=O)(=O)c1ccccc1)NCCc1ccc(Cl)cc1. The van der Waals surface area contributed by atoms with Crippen LogP contribution in [0.25, 0.3) is 0 Å².